The number of hydrogen-bond acceptors (Lipinski definition) is 4. The van der Waals surface area contributed by atoms with Crippen LogP contribution in [0.15, 0.2) is 47.3 Å². The third kappa shape index (κ3) is 4.66. The average Bonchev–Trinajstić information content (AvgIpc) is 3.16. The van der Waals surface area contributed by atoms with Crippen molar-refractivity contribution < 1.29 is 23.9 Å². The van der Waals surface area contributed by atoms with Gasteiger partial charge in [-0.25, -0.2) is 4.79 Å². The quantitative estimate of drug-likeness (QED) is 0.764. The van der Waals surface area contributed by atoms with Gasteiger partial charge in [0.1, 0.15) is 6.26 Å². The van der Waals surface area contributed by atoms with Crippen molar-refractivity contribution in [3.63, 3.8) is 0 Å². The highest BCUT2D eigenvalue weighted by Crippen LogP contribution is 2.23. The van der Waals surface area contributed by atoms with Crippen molar-refractivity contribution in [2.75, 3.05) is 23.7 Å². The lowest BCUT2D eigenvalue weighted by atomic mass is 9.91. The average molecular weight is 371 g/mol. The molecule has 1 fully saturated rings. The molecular formula is C19H21N3O5. The van der Waals surface area contributed by atoms with Crippen molar-refractivity contribution in [2.45, 2.75) is 13.3 Å². The number of furan rings is 1. The molecule has 1 aromatic heterocycles. The van der Waals surface area contributed by atoms with E-state index in [4.69, 9.17) is 4.42 Å². The zero-order valence-corrected chi connectivity index (χ0v) is 14.8. The smallest absolute Gasteiger partial charge is 0.321 e. The third-order valence-electron chi connectivity index (χ3n) is 4.45. The fraction of sp³-hybridized carbons (Fsp3) is 0.316. The molecule has 0 saturated carbocycles. The van der Waals surface area contributed by atoms with Crippen molar-refractivity contribution in [1.82, 2.24) is 4.90 Å². The molecule has 0 spiro atoms. The molecule has 3 amide bonds. The van der Waals surface area contributed by atoms with Crippen LogP contribution < -0.4 is 10.6 Å². The second-order valence-corrected chi connectivity index (χ2v) is 6.76. The second-order valence-electron chi connectivity index (χ2n) is 6.76. The van der Waals surface area contributed by atoms with Gasteiger partial charge in [0.2, 0.25) is 0 Å². The number of benzene rings is 1. The first-order valence-electron chi connectivity index (χ1n) is 8.64. The fourth-order valence-corrected chi connectivity index (χ4v) is 3.17. The highest BCUT2D eigenvalue weighted by Gasteiger charge is 2.31. The van der Waals surface area contributed by atoms with Gasteiger partial charge in [-0.05, 0) is 36.6 Å². The van der Waals surface area contributed by atoms with Crippen molar-refractivity contribution in [1.29, 1.82) is 0 Å². The normalized spacial score (nSPS) is 19.4. The predicted octanol–water partition coefficient (Wildman–Crippen LogP) is 3.11. The van der Waals surface area contributed by atoms with Crippen molar-refractivity contribution >= 4 is 29.3 Å². The number of carbonyl (C=O) groups is 3. The molecule has 0 aliphatic carbocycles. The summed E-state index contributed by atoms with van der Waals surface area (Å²) in [6.45, 7) is 2.62. The molecule has 3 N–H and O–H groups in total. The number of anilines is 2. The second kappa shape index (κ2) is 7.94. The molecule has 2 heterocycles. The van der Waals surface area contributed by atoms with Crippen LogP contribution in [-0.2, 0) is 4.79 Å². The van der Waals surface area contributed by atoms with Gasteiger partial charge in [-0.2, -0.15) is 0 Å². The van der Waals surface area contributed by atoms with Crippen LogP contribution in [-0.4, -0.2) is 41.0 Å². The van der Waals surface area contributed by atoms with Gasteiger partial charge in [0, 0.05) is 24.5 Å². The Hall–Kier alpha value is -3.29. The Bertz CT molecular complexity index is 834. The number of hydrogen-bond donors (Lipinski definition) is 3. The molecular weight excluding hydrogens is 350 g/mol. The van der Waals surface area contributed by atoms with Gasteiger partial charge in [0.05, 0.1) is 17.7 Å². The number of nitrogens with one attached hydrogen (secondary N) is 2. The predicted molar refractivity (Wildman–Crippen MR) is 98.6 cm³/mol. The largest absolute Gasteiger partial charge is 0.481 e. The summed E-state index contributed by atoms with van der Waals surface area (Å²) < 4.78 is 4.89. The molecule has 0 radical (unpaired) electrons. The van der Waals surface area contributed by atoms with Gasteiger partial charge in [-0.1, -0.05) is 13.0 Å². The zero-order valence-electron chi connectivity index (χ0n) is 14.8. The Balaban J connectivity index is 1.64. The first-order valence-corrected chi connectivity index (χ1v) is 8.64. The lowest BCUT2D eigenvalue weighted by Gasteiger charge is -2.34. The lowest BCUT2D eigenvalue weighted by Crippen LogP contribution is -2.47. The maximum atomic E-state index is 12.5. The minimum atomic E-state index is -0.886. The van der Waals surface area contributed by atoms with Gasteiger partial charge in [0.15, 0.2) is 0 Å². The summed E-state index contributed by atoms with van der Waals surface area (Å²) >= 11 is 0. The highest BCUT2D eigenvalue weighted by molar-refractivity contribution is 6.04. The lowest BCUT2D eigenvalue weighted by molar-refractivity contribution is -0.143. The number of piperidine rings is 1. The van der Waals surface area contributed by atoms with E-state index in [1.165, 1.54) is 17.4 Å². The molecule has 142 valence electrons. The zero-order chi connectivity index (χ0) is 19.4. The first kappa shape index (κ1) is 18.5. The molecule has 2 atom stereocenters. The molecule has 1 saturated heterocycles. The van der Waals surface area contributed by atoms with E-state index < -0.39 is 11.9 Å². The molecule has 8 nitrogen and oxygen atoms in total. The number of likely N-dealkylation sites (tertiary alicyclic amines) is 1. The standard InChI is InChI=1S/C19H21N3O5/c1-12-7-14(18(24)25)10-22(9-12)19(26)21-16-4-2-3-15(8-16)20-17(23)13-5-6-27-11-13/h2-6,8,11-12,14H,7,9-10H2,1H3,(H,20,23)(H,21,26)(H,24,25). The number of carboxylic acids is 1. The maximum absolute atomic E-state index is 12.5. The molecule has 2 unspecified atom stereocenters. The van der Waals surface area contributed by atoms with Gasteiger partial charge in [0.25, 0.3) is 5.91 Å². The molecule has 27 heavy (non-hydrogen) atoms. The van der Waals surface area contributed by atoms with E-state index in [1.54, 1.807) is 30.3 Å². The summed E-state index contributed by atoms with van der Waals surface area (Å²) in [6.07, 6.45) is 3.32. The van der Waals surface area contributed by atoms with Gasteiger partial charge < -0.3 is 25.1 Å². The maximum Gasteiger partial charge on any atom is 0.321 e. The number of carbonyl (C=O) groups excluding carboxylic acids is 2. The summed E-state index contributed by atoms with van der Waals surface area (Å²) in [5.74, 6) is -1.64. The number of amides is 3. The molecule has 1 aliphatic rings. The van der Waals surface area contributed by atoms with Crippen LogP contribution in [0.5, 0.6) is 0 Å². The van der Waals surface area contributed by atoms with Gasteiger partial charge in [-0.15, -0.1) is 0 Å². The summed E-state index contributed by atoms with van der Waals surface area (Å²) in [7, 11) is 0. The van der Waals surface area contributed by atoms with E-state index in [0.29, 0.717) is 29.9 Å². The Kier molecular flexibility index (Phi) is 5.44. The van der Waals surface area contributed by atoms with E-state index in [9.17, 15) is 19.5 Å². The number of urea groups is 1. The molecule has 1 aromatic carbocycles. The Morgan fingerprint density at radius 2 is 1.89 bits per heavy atom. The molecule has 2 aromatic rings. The highest BCUT2D eigenvalue weighted by atomic mass is 16.4. The van der Waals surface area contributed by atoms with E-state index in [2.05, 4.69) is 10.6 Å². The number of carboxylic acid groups (broad SMARTS) is 1. The molecule has 3 rings (SSSR count). The van der Waals surface area contributed by atoms with E-state index in [1.807, 2.05) is 6.92 Å². The minimum Gasteiger partial charge on any atom is -0.481 e. The van der Waals surface area contributed by atoms with Crippen LogP contribution in [0.4, 0.5) is 16.2 Å². The molecule has 0 bridgehead atoms. The summed E-state index contributed by atoms with van der Waals surface area (Å²) in [4.78, 5) is 37.4. The van der Waals surface area contributed by atoms with Crippen LogP contribution in [0.1, 0.15) is 23.7 Å². The fourth-order valence-electron chi connectivity index (χ4n) is 3.17. The topological polar surface area (TPSA) is 112 Å². The van der Waals surface area contributed by atoms with Gasteiger partial charge in [-0.3, -0.25) is 9.59 Å². The van der Waals surface area contributed by atoms with E-state index in [-0.39, 0.29) is 24.4 Å². The Labute approximate surface area is 156 Å². The number of nitrogens with zero attached hydrogens (tertiary/aromatic N) is 1. The SMILES string of the molecule is CC1CC(C(=O)O)CN(C(=O)Nc2cccc(NC(=O)c3ccoc3)c2)C1. The van der Waals surface area contributed by atoms with E-state index in [0.717, 1.165) is 0 Å². The van der Waals surface area contributed by atoms with E-state index >= 15 is 0 Å². The Morgan fingerprint density at radius 1 is 1.15 bits per heavy atom. The molecule has 1 aliphatic heterocycles. The van der Waals surface area contributed by atoms with Crippen LogP contribution in [0.2, 0.25) is 0 Å². The minimum absolute atomic E-state index is 0.117. The van der Waals surface area contributed by atoms with Crippen LogP contribution >= 0.6 is 0 Å². The van der Waals surface area contributed by atoms with Crippen LogP contribution in [0.25, 0.3) is 0 Å². The van der Waals surface area contributed by atoms with Crippen molar-refractivity contribution in [3.05, 3.63) is 48.4 Å². The first-order chi connectivity index (χ1) is 12.9. The van der Waals surface area contributed by atoms with Crippen molar-refractivity contribution in [2.24, 2.45) is 11.8 Å². The van der Waals surface area contributed by atoms with Crippen LogP contribution in [0, 0.1) is 11.8 Å². The molecule has 8 heteroatoms. The Morgan fingerprint density at radius 3 is 2.56 bits per heavy atom. The summed E-state index contributed by atoms with van der Waals surface area (Å²) in [5.41, 5.74) is 1.43. The number of rotatable bonds is 4. The van der Waals surface area contributed by atoms with Crippen molar-refractivity contribution in [3.8, 4) is 0 Å². The van der Waals surface area contributed by atoms with Gasteiger partial charge >= 0.3 is 12.0 Å². The third-order valence-corrected chi connectivity index (χ3v) is 4.45. The summed E-state index contributed by atoms with van der Waals surface area (Å²) in [5, 5.41) is 14.7. The summed E-state index contributed by atoms with van der Waals surface area (Å²) in [6, 6.07) is 7.95. The van der Waals surface area contributed by atoms with Crippen LogP contribution in [0.3, 0.4) is 0 Å². The monoisotopic (exact) mass is 371 g/mol. The number of aliphatic carboxylic acids is 1.